The van der Waals surface area contributed by atoms with Gasteiger partial charge in [-0.3, -0.25) is 5.43 Å². The van der Waals surface area contributed by atoms with Crippen molar-refractivity contribution in [2.45, 2.75) is 20.3 Å². The predicted molar refractivity (Wildman–Crippen MR) is 45.9 cm³/mol. The lowest BCUT2D eigenvalue weighted by Crippen LogP contribution is -1.90. The van der Waals surface area contributed by atoms with Crippen LogP contribution in [0.1, 0.15) is 20.3 Å². The average Bonchev–Trinajstić information content (AvgIpc) is 1.97. The zero-order valence-electron chi connectivity index (χ0n) is 6.54. The van der Waals surface area contributed by atoms with Gasteiger partial charge >= 0.3 is 0 Å². The highest BCUT2D eigenvalue weighted by atomic mass is 15.3. The lowest BCUT2D eigenvalue weighted by atomic mass is 10.4. The largest absolute Gasteiger partial charge is 0.286 e. The van der Waals surface area contributed by atoms with Gasteiger partial charge in [0.1, 0.15) is 0 Å². The first-order valence-corrected chi connectivity index (χ1v) is 3.46. The molecule has 0 bridgehead atoms. The van der Waals surface area contributed by atoms with E-state index in [-0.39, 0.29) is 0 Å². The summed E-state index contributed by atoms with van der Waals surface area (Å²) in [7, 11) is 0. The zero-order valence-corrected chi connectivity index (χ0v) is 6.54. The highest BCUT2D eigenvalue weighted by molar-refractivity contribution is 5.70. The lowest BCUT2D eigenvalue weighted by molar-refractivity contribution is 0.974. The smallest absolute Gasteiger partial charge is 0.0468 e. The topological polar surface area (TPSA) is 24.4 Å². The fraction of sp³-hybridized carbons (Fsp3) is 0.375. The molecule has 0 aliphatic heterocycles. The normalized spacial score (nSPS) is 12.2. The molecule has 0 aliphatic carbocycles. The van der Waals surface area contributed by atoms with Crippen LogP contribution in [0.5, 0.6) is 0 Å². The Morgan fingerprint density at radius 2 is 2.30 bits per heavy atom. The molecule has 0 radical (unpaired) electrons. The van der Waals surface area contributed by atoms with Gasteiger partial charge in [0.05, 0.1) is 0 Å². The fourth-order valence-electron chi connectivity index (χ4n) is 0.401. The quantitative estimate of drug-likeness (QED) is 0.466. The van der Waals surface area contributed by atoms with E-state index in [1.54, 1.807) is 12.4 Å². The summed E-state index contributed by atoms with van der Waals surface area (Å²) in [5, 5.41) is 3.85. The standard InChI is InChI=1S/C8H14N2/c1-3-5-6-8-10-9-7-4-2/h4-9H,3H2,1-2H3/b6-5-,7-4-,10-8-. The van der Waals surface area contributed by atoms with Gasteiger partial charge in [-0.15, -0.1) is 0 Å². The van der Waals surface area contributed by atoms with Gasteiger partial charge in [0, 0.05) is 12.4 Å². The third-order valence-electron chi connectivity index (χ3n) is 0.848. The van der Waals surface area contributed by atoms with Gasteiger partial charge in [0.15, 0.2) is 0 Å². The summed E-state index contributed by atoms with van der Waals surface area (Å²) in [6.45, 7) is 4.02. The van der Waals surface area contributed by atoms with Crippen molar-refractivity contribution in [3.05, 3.63) is 24.4 Å². The second-order valence-electron chi connectivity index (χ2n) is 1.74. The van der Waals surface area contributed by atoms with Crippen molar-refractivity contribution < 1.29 is 0 Å². The van der Waals surface area contributed by atoms with Crippen LogP contribution in [-0.4, -0.2) is 6.21 Å². The Morgan fingerprint density at radius 3 is 2.90 bits per heavy atom. The number of rotatable bonds is 4. The summed E-state index contributed by atoms with van der Waals surface area (Å²) < 4.78 is 0. The molecule has 0 aromatic carbocycles. The summed E-state index contributed by atoms with van der Waals surface area (Å²) in [4.78, 5) is 0. The molecule has 0 atom stereocenters. The molecule has 0 spiro atoms. The molecule has 0 aromatic heterocycles. The molecule has 56 valence electrons. The highest BCUT2D eigenvalue weighted by Gasteiger charge is 1.63. The van der Waals surface area contributed by atoms with Crippen LogP contribution in [0.4, 0.5) is 0 Å². The third-order valence-corrected chi connectivity index (χ3v) is 0.848. The summed E-state index contributed by atoms with van der Waals surface area (Å²) in [6.07, 6.45) is 10.4. The van der Waals surface area contributed by atoms with Crippen LogP contribution < -0.4 is 5.43 Å². The Bertz CT molecular complexity index is 134. The van der Waals surface area contributed by atoms with Gasteiger partial charge in [0.2, 0.25) is 0 Å². The van der Waals surface area contributed by atoms with Gasteiger partial charge in [-0.25, -0.2) is 0 Å². The van der Waals surface area contributed by atoms with Gasteiger partial charge in [-0.05, 0) is 19.4 Å². The summed E-state index contributed by atoms with van der Waals surface area (Å²) in [5.74, 6) is 0. The molecule has 0 unspecified atom stereocenters. The zero-order chi connectivity index (χ0) is 7.66. The highest BCUT2D eigenvalue weighted by Crippen LogP contribution is 1.75. The van der Waals surface area contributed by atoms with Crippen LogP contribution in [0, 0.1) is 0 Å². The Balaban J connectivity index is 3.28. The Labute approximate surface area is 62.3 Å². The first-order valence-electron chi connectivity index (χ1n) is 3.46. The molecule has 2 heteroatoms. The number of nitrogens with one attached hydrogen (secondary N) is 1. The van der Waals surface area contributed by atoms with Crippen LogP contribution in [0.15, 0.2) is 29.5 Å². The SMILES string of the molecule is C/C=C\N/N=C\C=C/CC. The molecule has 0 saturated heterocycles. The molecule has 0 fully saturated rings. The molecule has 0 aliphatic rings. The van der Waals surface area contributed by atoms with Crippen molar-refractivity contribution >= 4 is 6.21 Å². The Hall–Kier alpha value is -1.05. The first-order chi connectivity index (χ1) is 4.91. The van der Waals surface area contributed by atoms with E-state index in [9.17, 15) is 0 Å². The van der Waals surface area contributed by atoms with E-state index >= 15 is 0 Å². The van der Waals surface area contributed by atoms with Crippen molar-refractivity contribution in [1.82, 2.24) is 5.43 Å². The second kappa shape index (κ2) is 7.95. The van der Waals surface area contributed by atoms with Crippen molar-refractivity contribution in [1.29, 1.82) is 0 Å². The van der Waals surface area contributed by atoms with E-state index in [0.717, 1.165) is 6.42 Å². The number of hydrogen-bond acceptors (Lipinski definition) is 2. The van der Waals surface area contributed by atoms with E-state index in [2.05, 4.69) is 17.5 Å². The van der Waals surface area contributed by atoms with Crippen LogP contribution in [-0.2, 0) is 0 Å². The Kier molecular flexibility index (Phi) is 7.12. The predicted octanol–water partition coefficient (Wildman–Crippen LogP) is 2.06. The van der Waals surface area contributed by atoms with Crippen molar-refractivity contribution in [3.8, 4) is 0 Å². The summed E-state index contributed by atoms with van der Waals surface area (Å²) >= 11 is 0. The molecule has 10 heavy (non-hydrogen) atoms. The minimum atomic E-state index is 1.05. The lowest BCUT2D eigenvalue weighted by Gasteiger charge is -1.83. The van der Waals surface area contributed by atoms with Crippen molar-refractivity contribution in [3.63, 3.8) is 0 Å². The molecule has 1 N–H and O–H groups in total. The van der Waals surface area contributed by atoms with E-state index in [1.165, 1.54) is 0 Å². The minimum Gasteiger partial charge on any atom is -0.286 e. The van der Waals surface area contributed by atoms with Crippen molar-refractivity contribution in [2.75, 3.05) is 0 Å². The monoisotopic (exact) mass is 138 g/mol. The molecule has 0 saturated carbocycles. The van der Waals surface area contributed by atoms with E-state index in [4.69, 9.17) is 0 Å². The van der Waals surface area contributed by atoms with Gasteiger partial charge in [-0.2, -0.15) is 5.10 Å². The number of hydrazone groups is 1. The number of nitrogens with zero attached hydrogens (tertiary/aromatic N) is 1. The second-order valence-corrected chi connectivity index (χ2v) is 1.74. The Morgan fingerprint density at radius 1 is 1.50 bits per heavy atom. The van der Waals surface area contributed by atoms with Crippen LogP contribution >= 0.6 is 0 Å². The third kappa shape index (κ3) is 6.95. The van der Waals surface area contributed by atoms with E-state index < -0.39 is 0 Å². The van der Waals surface area contributed by atoms with E-state index in [1.807, 2.05) is 25.2 Å². The first kappa shape index (κ1) is 8.95. The van der Waals surface area contributed by atoms with Gasteiger partial charge in [0.25, 0.3) is 0 Å². The van der Waals surface area contributed by atoms with Crippen LogP contribution in [0.2, 0.25) is 0 Å². The van der Waals surface area contributed by atoms with Crippen molar-refractivity contribution in [2.24, 2.45) is 5.10 Å². The summed E-state index contributed by atoms with van der Waals surface area (Å²) in [6, 6.07) is 0. The molecular weight excluding hydrogens is 124 g/mol. The minimum absolute atomic E-state index is 1.05. The number of allylic oxidation sites excluding steroid dienone is 3. The molecular formula is C8H14N2. The van der Waals surface area contributed by atoms with Gasteiger partial charge < -0.3 is 0 Å². The molecule has 0 heterocycles. The maximum absolute atomic E-state index is 3.85. The summed E-state index contributed by atoms with van der Waals surface area (Å²) in [5.41, 5.74) is 2.73. The van der Waals surface area contributed by atoms with Crippen LogP contribution in [0.3, 0.4) is 0 Å². The fourth-order valence-corrected chi connectivity index (χ4v) is 0.401. The molecule has 0 amide bonds. The van der Waals surface area contributed by atoms with Gasteiger partial charge in [-0.1, -0.05) is 19.1 Å². The van der Waals surface area contributed by atoms with E-state index in [0.29, 0.717) is 0 Å². The maximum Gasteiger partial charge on any atom is 0.0468 e. The molecule has 2 nitrogen and oxygen atoms in total. The molecule has 0 rings (SSSR count). The maximum atomic E-state index is 3.85. The number of hydrogen-bond donors (Lipinski definition) is 1. The van der Waals surface area contributed by atoms with Crippen LogP contribution in [0.25, 0.3) is 0 Å². The average molecular weight is 138 g/mol. The molecule has 0 aromatic rings.